The highest BCUT2D eigenvalue weighted by Gasteiger charge is 2.42. The van der Waals surface area contributed by atoms with Crippen LogP contribution in [-0.2, 0) is 14.3 Å². The zero-order valence-electron chi connectivity index (χ0n) is 12.2. The van der Waals surface area contributed by atoms with E-state index in [-0.39, 0.29) is 12.5 Å². The zero-order valence-corrected chi connectivity index (χ0v) is 12.2. The fourth-order valence-electron chi connectivity index (χ4n) is 2.29. The first-order valence-electron chi connectivity index (χ1n) is 6.77. The Morgan fingerprint density at radius 2 is 2.14 bits per heavy atom. The van der Waals surface area contributed by atoms with Crippen molar-refractivity contribution < 1.29 is 19.4 Å². The molecule has 5 nitrogen and oxygen atoms in total. The van der Waals surface area contributed by atoms with Crippen molar-refractivity contribution in [2.45, 2.75) is 19.4 Å². The van der Waals surface area contributed by atoms with Gasteiger partial charge in [0.05, 0.1) is 13.1 Å². The van der Waals surface area contributed by atoms with Crippen LogP contribution in [0.4, 0.5) is 0 Å². The van der Waals surface area contributed by atoms with Gasteiger partial charge in [-0.25, -0.2) is 4.79 Å². The molecular weight excluding hydrogens is 270 g/mol. The molecule has 21 heavy (non-hydrogen) atoms. The average Bonchev–Trinajstić information content (AvgIpc) is 2.39. The van der Waals surface area contributed by atoms with Gasteiger partial charge in [-0.15, -0.1) is 0 Å². The minimum atomic E-state index is -1.000. The van der Waals surface area contributed by atoms with Crippen molar-refractivity contribution in [3.8, 4) is 0 Å². The monoisotopic (exact) mass is 289 g/mol. The third-order valence-electron chi connectivity index (χ3n) is 3.37. The Bertz CT molecular complexity index is 573. The molecule has 2 rings (SSSR count). The van der Waals surface area contributed by atoms with Crippen molar-refractivity contribution >= 4 is 18.0 Å². The summed E-state index contributed by atoms with van der Waals surface area (Å²) in [5.41, 5.74) is 1.57. The fourth-order valence-corrected chi connectivity index (χ4v) is 2.29. The van der Waals surface area contributed by atoms with Crippen LogP contribution < -0.4 is 0 Å². The van der Waals surface area contributed by atoms with Crippen molar-refractivity contribution in [1.82, 2.24) is 4.90 Å². The molecule has 0 aliphatic carbocycles. The molecule has 1 aliphatic heterocycles. The van der Waals surface area contributed by atoms with Gasteiger partial charge in [0.1, 0.15) is 12.2 Å². The molecule has 1 heterocycles. The third kappa shape index (κ3) is 4.16. The van der Waals surface area contributed by atoms with Gasteiger partial charge >= 0.3 is 5.97 Å². The van der Waals surface area contributed by atoms with E-state index in [0.29, 0.717) is 13.1 Å². The van der Waals surface area contributed by atoms with Crippen LogP contribution in [0.25, 0.3) is 6.08 Å². The molecule has 0 bridgehead atoms. The Kier molecular flexibility index (Phi) is 4.43. The molecule has 0 aromatic heterocycles. The van der Waals surface area contributed by atoms with Gasteiger partial charge in [-0.3, -0.25) is 4.79 Å². The summed E-state index contributed by atoms with van der Waals surface area (Å²) in [7, 11) is 0. The largest absolute Gasteiger partial charge is 0.480 e. The van der Waals surface area contributed by atoms with E-state index in [2.05, 4.69) is 0 Å². The number of amides is 1. The zero-order chi connectivity index (χ0) is 15.5. The molecule has 0 unspecified atom stereocenters. The van der Waals surface area contributed by atoms with Crippen molar-refractivity contribution in [3.63, 3.8) is 0 Å². The maximum Gasteiger partial charge on any atom is 0.329 e. The van der Waals surface area contributed by atoms with E-state index in [4.69, 9.17) is 9.84 Å². The van der Waals surface area contributed by atoms with E-state index in [0.717, 1.165) is 11.1 Å². The number of carbonyl (C=O) groups excluding carboxylic acids is 1. The maximum atomic E-state index is 12.0. The molecule has 112 valence electrons. The van der Waals surface area contributed by atoms with Gasteiger partial charge < -0.3 is 14.7 Å². The van der Waals surface area contributed by atoms with Crippen LogP contribution in [0.15, 0.2) is 30.3 Å². The predicted molar refractivity (Wildman–Crippen MR) is 78.8 cm³/mol. The molecule has 1 saturated heterocycles. The summed E-state index contributed by atoms with van der Waals surface area (Å²) in [6.07, 6.45) is 3.31. The van der Waals surface area contributed by atoms with Crippen molar-refractivity contribution in [1.29, 1.82) is 0 Å². The van der Waals surface area contributed by atoms with Crippen LogP contribution in [0.1, 0.15) is 18.1 Å². The van der Waals surface area contributed by atoms with Crippen LogP contribution in [0.3, 0.4) is 0 Å². The van der Waals surface area contributed by atoms with Gasteiger partial charge in [-0.2, -0.15) is 0 Å². The lowest BCUT2D eigenvalue weighted by molar-refractivity contribution is -0.170. The molecule has 1 amide bonds. The molecule has 1 aromatic rings. The molecular formula is C16H19NO4. The number of likely N-dealkylation sites (tertiary alicyclic amines) is 1. The first-order chi connectivity index (χ1) is 9.88. The van der Waals surface area contributed by atoms with E-state index in [9.17, 15) is 9.59 Å². The second-order valence-corrected chi connectivity index (χ2v) is 5.57. The summed E-state index contributed by atoms with van der Waals surface area (Å²) >= 11 is 0. The number of carboxylic acid groups (broad SMARTS) is 1. The smallest absolute Gasteiger partial charge is 0.329 e. The average molecular weight is 289 g/mol. The number of hydrogen-bond donors (Lipinski definition) is 1. The summed E-state index contributed by atoms with van der Waals surface area (Å²) in [6, 6.07) is 7.88. The summed E-state index contributed by atoms with van der Waals surface area (Å²) in [6.45, 7) is 4.30. The topological polar surface area (TPSA) is 66.8 Å². The Hall–Kier alpha value is -2.14. The molecule has 1 fully saturated rings. The standard InChI is InChI=1S/C16H19NO4/c1-12-4-3-5-13(8-12)6-7-14(18)17-10-16(2,11-17)21-9-15(19)20/h3-8H,9-11H2,1-2H3,(H,19,20)/b7-6+. The van der Waals surface area contributed by atoms with Gasteiger partial charge in [0.15, 0.2) is 0 Å². The number of aryl methyl sites for hydroxylation is 1. The lowest BCUT2D eigenvalue weighted by atomic mass is 9.96. The van der Waals surface area contributed by atoms with Gasteiger partial charge in [-0.05, 0) is 25.5 Å². The number of nitrogens with zero attached hydrogens (tertiary/aromatic N) is 1. The highest BCUT2D eigenvalue weighted by molar-refractivity contribution is 5.92. The summed E-state index contributed by atoms with van der Waals surface area (Å²) in [5, 5.41) is 8.59. The summed E-state index contributed by atoms with van der Waals surface area (Å²) in [4.78, 5) is 24.1. The Morgan fingerprint density at radius 3 is 2.76 bits per heavy atom. The molecule has 1 aliphatic rings. The Morgan fingerprint density at radius 1 is 1.43 bits per heavy atom. The van der Waals surface area contributed by atoms with Crippen LogP contribution in [0, 0.1) is 6.92 Å². The third-order valence-corrected chi connectivity index (χ3v) is 3.37. The first kappa shape index (κ1) is 15.3. The van der Waals surface area contributed by atoms with Gasteiger partial charge in [0.2, 0.25) is 5.91 Å². The predicted octanol–water partition coefficient (Wildman–Crippen LogP) is 1.71. The number of aliphatic carboxylic acids is 1. The van der Waals surface area contributed by atoms with E-state index < -0.39 is 11.6 Å². The van der Waals surface area contributed by atoms with Gasteiger partial charge in [0, 0.05) is 6.08 Å². The van der Waals surface area contributed by atoms with Crippen LogP contribution in [0.2, 0.25) is 0 Å². The molecule has 0 atom stereocenters. The lowest BCUT2D eigenvalue weighted by Crippen LogP contribution is -2.63. The molecule has 1 N–H and O–H groups in total. The molecule has 0 spiro atoms. The SMILES string of the molecule is Cc1cccc(/C=C/C(=O)N2CC(C)(OCC(=O)O)C2)c1. The lowest BCUT2D eigenvalue weighted by Gasteiger charge is -2.46. The quantitative estimate of drug-likeness (QED) is 0.838. The van der Waals surface area contributed by atoms with Crippen molar-refractivity contribution in [3.05, 3.63) is 41.5 Å². The summed E-state index contributed by atoms with van der Waals surface area (Å²) in [5.74, 6) is -1.09. The Labute approximate surface area is 123 Å². The fraction of sp³-hybridized carbons (Fsp3) is 0.375. The minimum Gasteiger partial charge on any atom is -0.480 e. The number of rotatable bonds is 5. The van der Waals surface area contributed by atoms with E-state index >= 15 is 0 Å². The van der Waals surface area contributed by atoms with E-state index in [1.807, 2.05) is 38.1 Å². The van der Waals surface area contributed by atoms with E-state index in [1.54, 1.807) is 11.0 Å². The van der Waals surface area contributed by atoms with Crippen molar-refractivity contribution in [2.24, 2.45) is 0 Å². The number of benzene rings is 1. The molecule has 5 heteroatoms. The Balaban J connectivity index is 1.85. The van der Waals surface area contributed by atoms with Crippen LogP contribution in [0.5, 0.6) is 0 Å². The number of ether oxygens (including phenoxy) is 1. The summed E-state index contributed by atoms with van der Waals surface area (Å²) < 4.78 is 5.27. The number of hydrogen-bond acceptors (Lipinski definition) is 3. The normalized spacial score (nSPS) is 16.8. The van der Waals surface area contributed by atoms with Crippen LogP contribution in [-0.4, -0.2) is 47.2 Å². The molecule has 0 saturated carbocycles. The highest BCUT2D eigenvalue weighted by Crippen LogP contribution is 2.24. The second kappa shape index (κ2) is 6.10. The molecule has 0 radical (unpaired) electrons. The molecule has 1 aromatic carbocycles. The van der Waals surface area contributed by atoms with Crippen molar-refractivity contribution in [2.75, 3.05) is 19.7 Å². The number of carboxylic acids is 1. The van der Waals surface area contributed by atoms with E-state index in [1.165, 1.54) is 6.08 Å². The minimum absolute atomic E-state index is 0.0899. The maximum absolute atomic E-state index is 12.0. The van der Waals surface area contributed by atoms with Gasteiger partial charge in [-0.1, -0.05) is 29.8 Å². The second-order valence-electron chi connectivity index (χ2n) is 5.57. The first-order valence-corrected chi connectivity index (χ1v) is 6.77. The van der Waals surface area contributed by atoms with Crippen LogP contribution >= 0.6 is 0 Å². The van der Waals surface area contributed by atoms with Gasteiger partial charge in [0.25, 0.3) is 0 Å². The number of carbonyl (C=O) groups is 2. The highest BCUT2D eigenvalue weighted by atomic mass is 16.5.